The van der Waals surface area contributed by atoms with Crippen molar-refractivity contribution in [1.29, 1.82) is 0 Å². The van der Waals surface area contributed by atoms with E-state index in [1.54, 1.807) is 54.3 Å². The molecule has 1 saturated heterocycles. The largest absolute Gasteiger partial charge is 0.478 e. The van der Waals surface area contributed by atoms with Crippen LogP contribution in [0.5, 0.6) is 5.75 Å². The zero-order chi connectivity index (χ0) is 26.5. The Balaban J connectivity index is 1.57. The highest BCUT2D eigenvalue weighted by Gasteiger charge is 2.30. The number of rotatable bonds is 7. The zero-order valence-electron chi connectivity index (χ0n) is 20.1. The first-order chi connectivity index (χ1) is 17.8. The first kappa shape index (κ1) is 27.2. The third-order valence-electron chi connectivity index (χ3n) is 6.17. The Kier molecular flexibility index (Phi) is 8.95. The second-order valence-corrected chi connectivity index (χ2v) is 9.98. The molecule has 2 atom stereocenters. The summed E-state index contributed by atoms with van der Waals surface area (Å²) in [6.45, 7) is 2.76. The van der Waals surface area contributed by atoms with E-state index in [0.717, 1.165) is 6.07 Å². The average molecular weight is 565 g/mol. The number of carbonyl (C=O) groups is 2. The highest BCUT2D eigenvalue weighted by Crippen LogP contribution is 2.36. The number of hydrogen-bond donors (Lipinski definition) is 0. The van der Waals surface area contributed by atoms with E-state index < -0.39 is 11.9 Å². The van der Waals surface area contributed by atoms with E-state index in [2.05, 4.69) is 0 Å². The topological polar surface area (TPSA) is 55.8 Å². The number of ether oxygens (including phenoxy) is 2. The first-order valence-electron chi connectivity index (χ1n) is 11.9. The number of piperidine rings is 1. The van der Waals surface area contributed by atoms with Gasteiger partial charge in [-0.2, -0.15) is 0 Å². The minimum Gasteiger partial charge on any atom is -0.478 e. The van der Waals surface area contributed by atoms with Gasteiger partial charge in [0.2, 0.25) is 0 Å². The van der Waals surface area contributed by atoms with Crippen LogP contribution in [-0.4, -0.2) is 36.5 Å². The molecule has 1 fully saturated rings. The summed E-state index contributed by atoms with van der Waals surface area (Å²) in [5.74, 6) is -1.80. The van der Waals surface area contributed by atoms with Crippen LogP contribution in [0.15, 0.2) is 60.7 Å². The van der Waals surface area contributed by atoms with Gasteiger partial charge in [-0.15, -0.1) is 0 Å². The van der Waals surface area contributed by atoms with Crippen molar-refractivity contribution >= 4 is 46.7 Å². The fourth-order valence-electron chi connectivity index (χ4n) is 4.32. The van der Waals surface area contributed by atoms with Crippen molar-refractivity contribution in [3.8, 4) is 5.75 Å². The van der Waals surface area contributed by atoms with Crippen LogP contribution in [0.1, 0.15) is 47.4 Å². The predicted molar refractivity (Wildman–Crippen MR) is 142 cm³/mol. The number of esters is 1. The molecule has 4 rings (SSSR count). The molecule has 0 N–H and O–H groups in total. The fraction of sp³-hybridized carbons (Fsp3) is 0.286. The fourth-order valence-corrected chi connectivity index (χ4v) is 4.95. The summed E-state index contributed by atoms with van der Waals surface area (Å²) in [4.78, 5) is 26.8. The molecule has 0 aliphatic carbocycles. The molecule has 0 aromatic heterocycles. The van der Waals surface area contributed by atoms with Gasteiger partial charge >= 0.3 is 5.97 Å². The van der Waals surface area contributed by atoms with Crippen molar-refractivity contribution in [3.63, 3.8) is 0 Å². The van der Waals surface area contributed by atoms with Gasteiger partial charge in [-0.05, 0) is 67.8 Å². The number of halogens is 4. The van der Waals surface area contributed by atoms with Crippen LogP contribution in [0.3, 0.4) is 0 Å². The summed E-state index contributed by atoms with van der Waals surface area (Å²) in [5, 5.41) is 1.36. The maximum absolute atomic E-state index is 15.3. The minimum atomic E-state index is -0.759. The third-order valence-corrected chi connectivity index (χ3v) is 6.98. The Hall–Kier alpha value is -2.80. The lowest BCUT2D eigenvalue weighted by molar-refractivity contribution is -0.149. The SMILES string of the molecule is CCOC(=O)C1CCCN(C(=O)c2ccc(OC(c3ccc(Cl)cc3)c3ccc(Cl)cc3Cl)c(F)c2)C1. The van der Waals surface area contributed by atoms with Crippen LogP contribution in [0.4, 0.5) is 4.39 Å². The number of nitrogens with zero attached hydrogens (tertiary/aromatic N) is 1. The van der Waals surface area contributed by atoms with E-state index in [0.29, 0.717) is 45.6 Å². The van der Waals surface area contributed by atoms with Gasteiger partial charge in [-0.1, -0.05) is 53.0 Å². The van der Waals surface area contributed by atoms with Gasteiger partial charge in [-0.25, -0.2) is 4.39 Å². The molecule has 0 radical (unpaired) electrons. The van der Waals surface area contributed by atoms with E-state index in [9.17, 15) is 9.59 Å². The molecule has 194 valence electrons. The van der Waals surface area contributed by atoms with Crippen molar-refractivity contribution in [3.05, 3.63) is 98.2 Å². The van der Waals surface area contributed by atoms with Crippen LogP contribution >= 0.6 is 34.8 Å². The molecule has 1 aliphatic rings. The van der Waals surface area contributed by atoms with Crippen molar-refractivity contribution in [2.75, 3.05) is 19.7 Å². The minimum absolute atomic E-state index is 0.0504. The molecule has 1 amide bonds. The molecule has 3 aromatic rings. The third kappa shape index (κ3) is 6.56. The molecule has 1 heterocycles. The summed E-state index contributed by atoms with van der Waals surface area (Å²) in [5.41, 5.74) is 1.46. The maximum Gasteiger partial charge on any atom is 0.310 e. The summed E-state index contributed by atoms with van der Waals surface area (Å²) in [6.07, 6.45) is 0.567. The summed E-state index contributed by atoms with van der Waals surface area (Å²) >= 11 is 18.6. The highest BCUT2D eigenvalue weighted by molar-refractivity contribution is 6.35. The Morgan fingerprint density at radius 2 is 1.76 bits per heavy atom. The van der Waals surface area contributed by atoms with E-state index in [4.69, 9.17) is 44.3 Å². The van der Waals surface area contributed by atoms with Crippen molar-refractivity contribution < 1.29 is 23.5 Å². The summed E-state index contributed by atoms with van der Waals surface area (Å²) < 4.78 is 26.5. The molecular weight excluding hydrogens is 540 g/mol. The number of likely N-dealkylation sites (tertiary alicyclic amines) is 1. The van der Waals surface area contributed by atoms with Gasteiger partial charge in [-0.3, -0.25) is 9.59 Å². The maximum atomic E-state index is 15.3. The predicted octanol–water partition coefficient (Wildman–Crippen LogP) is 7.37. The molecule has 0 saturated carbocycles. The summed E-state index contributed by atoms with van der Waals surface area (Å²) in [6, 6.07) is 16.0. The molecule has 2 unspecified atom stereocenters. The lowest BCUT2D eigenvalue weighted by Crippen LogP contribution is -2.42. The average Bonchev–Trinajstić information content (AvgIpc) is 2.89. The van der Waals surface area contributed by atoms with E-state index >= 15 is 4.39 Å². The van der Waals surface area contributed by atoms with E-state index in [1.807, 2.05) is 0 Å². The molecule has 0 bridgehead atoms. The van der Waals surface area contributed by atoms with Gasteiger partial charge in [0.25, 0.3) is 5.91 Å². The van der Waals surface area contributed by atoms with Gasteiger partial charge in [0.05, 0.1) is 12.5 Å². The van der Waals surface area contributed by atoms with Crippen molar-refractivity contribution in [2.45, 2.75) is 25.9 Å². The van der Waals surface area contributed by atoms with Crippen LogP contribution in [-0.2, 0) is 9.53 Å². The molecule has 0 spiro atoms. The smallest absolute Gasteiger partial charge is 0.310 e. The van der Waals surface area contributed by atoms with Crippen LogP contribution in [0.25, 0.3) is 0 Å². The van der Waals surface area contributed by atoms with Gasteiger partial charge in [0.15, 0.2) is 17.7 Å². The number of amides is 1. The van der Waals surface area contributed by atoms with Gasteiger partial charge in [0, 0.05) is 39.3 Å². The number of benzene rings is 3. The molecule has 37 heavy (non-hydrogen) atoms. The second kappa shape index (κ2) is 12.2. The zero-order valence-corrected chi connectivity index (χ0v) is 22.3. The molecular formula is C28H25Cl3FNO4. The molecule has 3 aromatic carbocycles. The Morgan fingerprint density at radius 1 is 1.03 bits per heavy atom. The quantitative estimate of drug-likeness (QED) is 0.281. The lowest BCUT2D eigenvalue weighted by atomic mass is 9.97. The first-order valence-corrected chi connectivity index (χ1v) is 13.0. The normalized spacial score (nSPS) is 16.2. The molecule has 1 aliphatic heterocycles. The van der Waals surface area contributed by atoms with Crippen LogP contribution < -0.4 is 4.74 Å². The summed E-state index contributed by atoms with van der Waals surface area (Å²) in [7, 11) is 0. The van der Waals surface area contributed by atoms with Crippen molar-refractivity contribution in [1.82, 2.24) is 4.90 Å². The monoisotopic (exact) mass is 563 g/mol. The van der Waals surface area contributed by atoms with Gasteiger partial charge in [0.1, 0.15) is 0 Å². The molecule has 9 heteroatoms. The Bertz CT molecular complexity index is 1280. The lowest BCUT2D eigenvalue weighted by Gasteiger charge is -2.31. The standard InChI is InChI=1S/C28H25Cl3FNO4/c1-2-36-28(35)19-4-3-13-33(16-19)27(34)18-7-12-25(24(32)14-18)37-26(17-5-8-20(29)9-6-17)22-11-10-21(30)15-23(22)31/h5-12,14-15,19,26H,2-4,13,16H2,1H3. The second-order valence-electron chi connectivity index (χ2n) is 8.70. The van der Waals surface area contributed by atoms with Crippen LogP contribution in [0, 0.1) is 11.7 Å². The number of hydrogen-bond acceptors (Lipinski definition) is 4. The van der Waals surface area contributed by atoms with E-state index in [-0.39, 0.29) is 42.3 Å². The van der Waals surface area contributed by atoms with Crippen LogP contribution in [0.2, 0.25) is 15.1 Å². The Labute approximate surface area is 230 Å². The Morgan fingerprint density at radius 3 is 2.43 bits per heavy atom. The van der Waals surface area contributed by atoms with E-state index in [1.165, 1.54) is 12.1 Å². The highest BCUT2D eigenvalue weighted by atomic mass is 35.5. The van der Waals surface area contributed by atoms with Gasteiger partial charge < -0.3 is 14.4 Å². The van der Waals surface area contributed by atoms with Crippen molar-refractivity contribution in [2.24, 2.45) is 5.92 Å². The molecule has 5 nitrogen and oxygen atoms in total. The number of carbonyl (C=O) groups excluding carboxylic acids is 2.